The number of likely N-dealkylation sites (N-methyl/N-ethyl adjacent to an activating group) is 8. The van der Waals surface area contributed by atoms with E-state index in [9.17, 15) is 0 Å². The maximum atomic E-state index is 6.10. The quantitative estimate of drug-likeness (QED) is 0.0316. The second-order valence-electron chi connectivity index (χ2n) is 39.8. The Morgan fingerprint density at radius 1 is 0.311 bits per heavy atom. The van der Waals surface area contributed by atoms with Crippen LogP contribution >= 0.6 is 136 Å². The fraction of sp³-hybridized carbons (Fsp3) is 0.607. The third-order valence-corrected chi connectivity index (χ3v) is 43.7. The van der Waals surface area contributed by atoms with Gasteiger partial charge in [-0.25, -0.2) is 0 Å². The lowest BCUT2D eigenvalue weighted by Gasteiger charge is -2.29. The zero-order valence-corrected chi connectivity index (χ0v) is 94.8. The third-order valence-electron chi connectivity index (χ3n) is 30.7. The summed E-state index contributed by atoms with van der Waals surface area (Å²) >= 11 is 27.3. The summed E-state index contributed by atoms with van der Waals surface area (Å²) in [5, 5.41) is 49.9. The van der Waals surface area contributed by atoms with Crippen LogP contribution in [-0.4, -0.2) is 146 Å². The van der Waals surface area contributed by atoms with Crippen molar-refractivity contribution >= 4 is 136 Å². The van der Waals surface area contributed by atoms with E-state index in [0.29, 0.717) is 17.8 Å². The number of nitrogens with zero attached hydrogens (tertiary/aromatic N) is 1. The maximum absolute atomic E-state index is 6.10. The first kappa shape index (κ1) is 109. The highest BCUT2D eigenvalue weighted by molar-refractivity contribution is 7.13. The van der Waals surface area contributed by atoms with Gasteiger partial charge < -0.3 is 58.9 Å². The molecule has 12 aliphatic rings. The number of thiophene rings is 11. The molecule has 11 aromatic heterocycles. The summed E-state index contributed by atoms with van der Waals surface area (Å²) < 4.78 is 0. The lowest BCUT2D eigenvalue weighted by atomic mass is 9.98. The molecule has 742 valence electrons. The molecule has 0 saturated carbocycles. The molecule has 0 amide bonds. The normalized spacial score (nSPS) is 21.9. The van der Waals surface area contributed by atoms with E-state index < -0.39 is 0 Å². The van der Waals surface area contributed by atoms with E-state index in [1.165, 1.54) is 242 Å². The molecule has 0 bridgehead atoms. The first-order chi connectivity index (χ1) is 65.7. The lowest BCUT2D eigenvalue weighted by molar-refractivity contribution is 0.215. The van der Waals surface area contributed by atoms with Crippen molar-refractivity contribution in [1.29, 1.82) is 0 Å². The van der Waals surface area contributed by atoms with Gasteiger partial charge in [-0.1, -0.05) is 31.9 Å². The van der Waals surface area contributed by atoms with E-state index in [-0.39, 0.29) is 0 Å². The predicted octanol–water partition coefficient (Wildman–Crippen LogP) is 26.8. The Labute approximate surface area is 864 Å². The number of piperidine rings is 1. The summed E-state index contributed by atoms with van der Waals surface area (Å²) in [7, 11) is 14.3. The number of likely N-dealkylation sites (tertiary alicyclic amines) is 1. The van der Waals surface area contributed by atoms with Crippen LogP contribution in [-0.2, 0) is 77.0 Å². The fourth-order valence-electron chi connectivity index (χ4n) is 23.9. The van der Waals surface area contributed by atoms with E-state index in [0.717, 1.165) is 118 Å². The van der Waals surface area contributed by atoms with Crippen LogP contribution in [0.1, 0.15) is 333 Å². The van der Waals surface area contributed by atoms with Crippen molar-refractivity contribution in [2.75, 3.05) is 141 Å². The van der Waals surface area contributed by atoms with E-state index in [2.05, 4.69) is 190 Å². The molecule has 12 heterocycles. The molecule has 9 unspecified atom stereocenters. The van der Waals surface area contributed by atoms with Gasteiger partial charge in [0.2, 0.25) is 0 Å². The summed E-state index contributed by atoms with van der Waals surface area (Å²) in [5.41, 5.74) is 41.3. The molecule has 1 saturated heterocycles. The number of fused-ring (bicyclic) bond motifs is 11. The molecule has 23 rings (SSSR count). The van der Waals surface area contributed by atoms with Crippen LogP contribution in [0, 0.1) is 55.4 Å². The van der Waals surface area contributed by atoms with Crippen molar-refractivity contribution in [3.63, 3.8) is 0 Å². The van der Waals surface area contributed by atoms with Gasteiger partial charge in [0.15, 0.2) is 0 Å². The number of nitrogens with two attached hydrogens (primary N) is 2. The molecule has 12 N–H and O–H groups in total. The van der Waals surface area contributed by atoms with Gasteiger partial charge >= 0.3 is 0 Å². The highest BCUT2D eigenvalue weighted by atomic mass is 35.5. The van der Waals surface area contributed by atoms with E-state index >= 15 is 0 Å². The second-order valence-corrected chi connectivity index (χ2v) is 51.2. The first-order valence-corrected chi connectivity index (χ1v) is 61.6. The SMILES string of the molecule is CCNCC1CCc2scc(C)c21.CCc1csc2c1C(CNC)CC2.CNCC1CCc2sc(C)c(C)c21.CNCC1CCc2scc(C)c21.CNCC1CCc2scc(Cl)c21.CNCC1CCc2sccc21.CNC[C@@H]1CCc2scc(C)c21.CNC[C@H]1CCc2scc(C)c21.Cc1csc2c1C(CN)CC2.Cc1csc2c1C(CN1CCCCC1)CC2.NCC1CCc2sccc21. The molecule has 11 aliphatic carbocycles. The Hall–Kier alpha value is -3.45. The highest BCUT2D eigenvalue weighted by Crippen LogP contribution is 2.49. The van der Waals surface area contributed by atoms with Gasteiger partial charge in [0.1, 0.15) is 0 Å². The molecule has 1 aliphatic heterocycles. The van der Waals surface area contributed by atoms with Crippen molar-refractivity contribution in [1.82, 2.24) is 47.4 Å². The smallest absolute Gasteiger partial charge is 0.0551 e. The Kier molecular flexibility index (Phi) is 44.3. The molecule has 0 aromatic carbocycles. The summed E-state index contributed by atoms with van der Waals surface area (Å²) in [6, 6.07) is 4.51. The van der Waals surface area contributed by atoms with Crippen LogP contribution in [0.4, 0.5) is 0 Å². The average molecular weight is 2050 g/mol. The predicted molar refractivity (Wildman–Crippen MR) is 606 cm³/mol. The zero-order chi connectivity index (χ0) is 95.6. The molecule has 11 nitrogen and oxygen atoms in total. The van der Waals surface area contributed by atoms with Crippen LogP contribution < -0.4 is 54.0 Å². The van der Waals surface area contributed by atoms with Crippen molar-refractivity contribution in [3.05, 3.63) is 235 Å². The molecule has 1 fully saturated rings. The van der Waals surface area contributed by atoms with Gasteiger partial charge in [-0.15, -0.1) is 125 Å². The number of halogens is 1. The Morgan fingerprint density at radius 3 is 1.01 bits per heavy atom. The van der Waals surface area contributed by atoms with Crippen LogP contribution in [0.3, 0.4) is 0 Å². The van der Waals surface area contributed by atoms with E-state index in [1.807, 2.05) is 167 Å². The van der Waals surface area contributed by atoms with Crippen molar-refractivity contribution < 1.29 is 0 Å². The molecule has 11 atom stereocenters. The maximum Gasteiger partial charge on any atom is 0.0551 e. The van der Waals surface area contributed by atoms with Crippen molar-refractivity contribution in [3.8, 4) is 0 Å². The summed E-state index contributed by atoms with van der Waals surface area (Å²) in [6.07, 6.45) is 34.4. The molecular formula is C112H166ClN11S11. The third kappa shape index (κ3) is 27.8. The van der Waals surface area contributed by atoms with Crippen molar-refractivity contribution in [2.45, 2.75) is 301 Å². The second kappa shape index (κ2) is 55.0. The number of rotatable bonds is 22. The average Bonchev–Trinajstić information content (AvgIpc) is 1.65. The highest BCUT2D eigenvalue weighted by Gasteiger charge is 2.35. The monoisotopic (exact) mass is 2050 g/mol. The van der Waals surface area contributed by atoms with Gasteiger partial charge in [0.25, 0.3) is 0 Å². The van der Waals surface area contributed by atoms with Gasteiger partial charge in [-0.3, -0.25) is 0 Å². The standard InChI is InChI=1S/C14H21NS.3C11H17NS.3C10H15NS.C9H12ClNS.2C9H13NS.C8H11NS/c1-11-10-16-13-6-5-12(14(11)13)9-15-7-3-2-4-8-15;1-7-8(2)13-10-5-4-9(6-12-3)11(7)10;1-3-8-7-13-10-5-4-9(6-12-2)11(8)10;1-3-12-6-9-4-5-10-11(9)8(2)7-13-10;3*1-7-6-12-9-4-3-8(5-11-2)10(7)9;1-11-4-6-2-3-8-9(6)7(10)5-12-8;1-6-5-11-8-3-2-7(4-10)9(6)8;1-10-6-7-2-3-9-8(7)4-5-11-9;9-5-6-1-2-8-7(6)3-4-10-8/h10,12H,2-9H2,1H3;9,12H,4-6H2,1-3H3;2*7,9,12H,3-6H2,1-2H3;3*6,8,11H,3-5H2,1-2H3;5-6,11H,2-4H2,1H3;5,7H,2-4,10H2,1H3;4-5,7,10H,2-3,6H2,1H3;3-4,6H,1-2,5,9H2/t;;;;2*8-;;;;;/m....10...../s1. The minimum atomic E-state index is 0.656. The zero-order valence-electron chi connectivity index (χ0n) is 85.0. The fourth-order valence-corrected chi connectivity index (χ4v) is 36.7. The Morgan fingerprint density at radius 2 is 0.607 bits per heavy atom. The summed E-state index contributed by atoms with van der Waals surface area (Å²) in [4.78, 5) is 22.0. The summed E-state index contributed by atoms with van der Waals surface area (Å²) in [6.45, 7) is 38.3. The number of aryl methyl sites for hydroxylation is 19. The van der Waals surface area contributed by atoms with Crippen LogP contribution in [0.2, 0.25) is 5.02 Å². The molecule has 11 aromatic rings. The molecule has 0 spiro atoms. The van der Waals surface area contributed by atoms with Gasteiger partial charge in [-0.05, 0) is 529 Å². The molecular weight excluding hydrogens is 1890 g/mol. The van der Waals surface area contributed by atoms with E-state index in [1.54, 1.807) is 116 Å². The number of nitrogens with one attached hydrogen (secondary N) is 8. The number of hydrogen-bond acceptors (Lipinski definition) is 22. The largest absolute Gasteiger partial charge is 0.330 e. The minimum Gasteiger partial charge on any atom is -0.330 e. The van der Waals surface area contributed by atoms with Gasteiger partial charge in [0.05, 0.1) is 5.02 Å². The van der Waals surface area contributed by atoms with Crippen LogP contribution in [0.25, 0.3) is 0 Å². The Bertz CT molecular complexity index is 5120. The Balaban J connectivity index is 0.000000126. The van der Waals surface area contributed by atoms with Crippen LogP contribution in [0.15, 0.2) is 65.9 Å². The van der Waals surface area contributed by atoms with E-state index in [4.69, 9.17) is 23.1 Å². The summed E-state index contributed by atoms with van der Waals surface area (Å²) in [5.74, 6) is 8.36. The van der Waals surface area contributed by atoms with Gasteiger partial charge in [0, 0.05) is 123 Å². The molecule has 135 heavy (non-hydrogen) atoms. The topological polar surface area (TPSA) is 152 Å². The first-order valence-electron chi connectivity index (χ1n) is 51.6. The van der Waals surface area contributed by atoms with Crippen LogP contribution in [0.5, 0.6) is 0 Å². The molecule has 0 radical (unpaired) electrons. The van der Waals surface area contributed by atoms with Gasteiger partial charge in [-0.2, -0.15) is 0 Å². The number of hydrogen-bond donors (Lipinski definition) is 10. The lowest BCUT2D eigenvalue weighted by Crippen LogP contribution is -2.33. The molecule has 23 heteroatoms. The minimum absolute atomic E-state index is 0.656. The van der Waals surface area contributed by atoms with Crippen molar-refractivity contribution in [2.24, 2.45) is 11.5 Å².